The first-order valence-corrected chi connectivity index (χ1v) is 3.56. The van der Waals surface area contributed by atoms with Gasteiger partial charge in [-0.05, 0) is 31.1 Å². The maximum absolute atomic E-state index is 9.22. The lowest BCUT2D eigenvalue weighted by Crippen LogP contribution is -2.14. The highest BCUT2D eigenvalue weighted by Crippen LogP contribution is 2.49. The van der Waals surface area contributed by atoms with Crippen LogP contribution in [0.2, 0.25) is 0 Å². The molecule has 2 rings (SSSR count). The molecule has 0 radical (unpaired) electrons. The predicted molar refractivity (Wildman–Crippen MR) is 31.5 cm³/mol. The number of rotatable bonds is 0. The molecule has 0 spiro atoms. The summed E-state index contributed by atoms with van der Waals surface area (Å²) in [4.78, 5) is 0. The molecule has 0 amide bonds. The van der Waals surface area contributed by atoms with Gasteiger partial charge in [-0.3, -0.25) is 0 Å². The number of aliphatic hydroxyl groups is 1. The largest absolute Gasteiger partial charge is 0.393 e. The fourth-order valence-corrected chi connectivity index (χ4v) is 1.88. The van der Waals surface area contributed by atoms with E-state index >= 15 is 0 Å². The molecule has 46 valence electrons. The van der Waals surface area contributed by atoms with E-state index in [4.69, 9.17) is 0 Å². The first kappa shape index (κ1) is 4.80. The minimum absolute atomic E-state index is 0.0775. The van der Waals surface area contributed by atoms with Crippen LogP contribution in [0.4, 0.5) is 0 Å². The van der Waals surface area contributed by atoms with Crippen LogP contribution in [0.25, 0.3) is 0 Å². The summed E-state index contributed by atoms with van der Waals surface area (Å²) in [6.07, 6.45) is 5.13. The fraction of sp³-hybridized carbons (Fsp3) is 1.00. The molecule has 0 saturated heterocycles. The molecule has 0 heterocycles. The molecule has 0 unspecified atom stereocenters. The average molecular weight is 112 g/mol. The third-order valence-electron chi connectivity index (χ3n) is 2.55. The van der Waals surface area contributed by atoms with Crippen LogP contribution in [0.3, 0.4) is 0 Å². The molecule has 0 aromatic carbocycles. The second kappa shape index (κ2) is 1.47. The molecule has 2 fully saturated rings. The number of fused-ring (bicyclic) bond motifs is 1. The van der Waals surface area contributed by atoms with Gasteiger partial charge >= 0.3 is 0 Å². The van der Waals surface area contributed by atoms with Gasteiger partial charge in [-0.2, -0.15) is 0 Å². The zero-order valence-electron chi connectivity index (χ0n) is 5.01. The molecule has 0 aromatic rings. The minimum Gasteiger partial charge on any atom is -0.393 e. The third kappa shape index (κ3) is 0.576. The van der Waals surface area contributed by atoms with Gasteiger partial charge in [0.2, 0.25) is 0 Å². The van der Waals surface area contributed by atoms with Crippen molar-refractivity contribution in [2.24, 2.45) is 11.8 Å². The van der Waals surface area contributed by atoms with Crippen LogP contribution in [0, 0.1) is 11.8 Å². The molecule has 2 aliphatic rings. The van der Waals surface area contributed by atoms with Crippen molar-refractivity contribution in [2.45, 2.75) is 31.8 Å². The minimum atomic E-state index is 0.0775. The molecule has 8 heavy (non-hydrogen) atoms. The molecule has 1 heteroatoms. The number of hydrogen-bond acceptors (Lipinski definition) is 1. The van der Waals surface area contributed by atoms with Crippen LogP contribution in [0.5, 0.6) is 0 Å². The Morgan fingerprint density at radius 3 is 2.75 bits per heavy atom. The molecular weight excluding hydrogens is 100 g/mol. The van der Waals surface area contributed by atoms with Gasteiger partial charge in [0.25, 0.3) is 0 Å². The maximum Gasteiger partial charge on any atom is 0.0571 e. The van der Waals surface area contributed by atoms with E-state index in [2.05, 4.69) is 0 Å². The van der Waals surface area contributed by atoms with Crippen molar-refractivity contribution in [2.75, 3.05) is 0 Å². The summed E-state index contributed by atoms with van der Waals surface area (Å²) < 4.78 is 0. The average Bonchev–Trinajstić information content (AvgIpc) is 2.45. The molecule has 1 nitrogen and oxygen atoms in total. The summed E-state index contributed by atoms with van der Waals surface area (Å²) in [5.74, 6) is 1.66. The van der Waals surface area contributed by atoms with Crippen molar-refractivity contribution in [1.82, 2.24) is 0 Å². The van der Waals surface area contributed by atoms with Gasteiger partial charge in [-0.25, -0.2) is 0 Å². The molecule has 3 atom stereocenters. The Balaban J connectivity index is 1.99. The predicted octanol–water partition coefficient (Wildman–Crippen LogP) is 1.17. The van der Waals surface area contributed by atoms with Crippen LogP contribution in [-0.4, -0.2) is 11.2 Å². The van der Waals surface area contributed by atoms with Gasteiger partial charge in [0, 0.05) is 0 Å². The normalized spacial score (nSPS) is 52.9. The molecule has 0 aromatic heterocycles. The van der Waals surface area contributed by atoms with Crippen molar-refractivity contribution >= 4 is 0 Å². The van der Waals surface area contributed by atoms with Crippen LogP contribution >= 0.6 is 0 Å². The SMILES string of the molecule is O[C@H]1CCC[C@H]2C[C@H]21. The Hall–Kier alpha value is -0.0400. The van der Waals surface area contributed by atoms with E-state index in [9.17, 15) is 5.11 Å². The zero-order valence-corrected chi connectivity index (χ0v) is 5.01. The van der Waals surface area contributed by atoms with E-state index in [1.165, 1.54) is 19.3 Å². The lowest BCUT2D eigenvalue weighted by molar-refractivity contribution is 0.116. The Morgan fingerprint density at radius 2 is 2.12 bits per heavy atom. The monoisotopic (exact) mass is 112 g/mol. The summed E-state index contributed by atoms with van der Waals surface area (Å²) >= 11 is 0. The highest BCUT2D eigenvalue weighted by molar-refractivity contribution is 4.94. The second-order valence-corrected chi connectivity index (χ2v) is 3.16. The Bertz CT molecular complexity index is 101. The number of hydrogen-bond donors (Lipinski definition) is 1. The molecule has 1 N–H and O–H groups in total. The molecule has 2 aliphatic carbocycles. The maximum atomic E-state index is 9.22. The van der Waals surface area contributed by atoms with E-state index in [1.807, 2.05) is 0 Å². The van der Waals surface area contributed by atoms with E-state index in [0.717, 1.165) is 18.3 Å². The summed E-state index contributed by atoms with van der Waals surface area (Å²) in [5, 5.41) is 9.22. The van der Waals surface area contributed by atoms with Gasteiger partial charge in [-0.1, -0.05) is 6.42 Å². The lowest BCUT2D eigenvalue weighted by Gasteiger charge is -2.14. The van der Waals surface area contributed by atoms with E-state index < -0.39 is 0 Å². The molecular formula is C7H12O. The first-order chi connectivity index (χ1) is 3.88. The van der Waals surface area contributed by atoms with Crippen LogP contribution in [0.15, 0.2) is 0 Å². The highest BCUT2D eigenvalue weighted by Gasteiger charge is 2.44. The van der Waals surface area contributed by atoms with E-state index in [-0.39, 0.29) is 6.10 Å². The molecule has 2 saturated carbocycles. The van der Waals surface area contributed by atoms with Crippen molar-refractivity contribution in [3.63, 3.8) is 0 Å². The van der Waals surface area contributed by atoms with Gasteiger partial charge in [0.15, 0.2) is 0 Å². The van der Waals surface area contributed by atoms with Crippen molar-refractivity contribution in [1.29, 1.82) is 0 Å². The summed E-state index contributed by atoms with van der Waals surface area (Å²) in [6, 6.07) is 0. The molecule has 0 bridgehead atoms. The van der Waals surface area contributed by atoms with Crippen LogP contribution < -0.4 is 0 Å². The first-order valence-electron chi connectivity index (χ1n) is 3.56. The van der Waals surface area contributed by atoms with Gasteiger partial charge < -0.3 is 5.11 Å². The zero-order chi connectivity index (χ0) is 5.56. The number of aliphatic hydroxyl groups excluding tert-OH is 1. The summed E-state index contributed by atoms with van der Waals surface area (Å²) in [6.45, 7) is 0. The highest BCUT2D eigenvalue weighted by atomic mass is 16.3. The van der Waals surface area contributed by atoms with Gasteiger partial charge in [0.05, 0.1) is 6.10 Å². The van der Waals surface area contributed by atoms with Crippen LogP contribution in [0.1, 0.15) is 25.7 Å². The smallest absolute Gasteiger partial charge is 0.0571 e. The van der Waals surface area contributed by atoms with E-state index in [1.54, 1.807) is 0 Å². The van der Waals surface area contributed by atoms with E-state index in [0.29, 0.717) is 0 Å². The topological polar surface area (TPSA) is 20.2 Å². The van der Waals surface area contributed by atoms with Gasteiger partial charge in [0.1, 0.15) is 0 Å². The second-order valence-electron chi connectivity index (χ2n) is 3.16. The lowest BCUT2D eigenvalue weighted by atomic mass is 9.98. The van der Waals surface area contributed by atoms with Crippen LogP contribution in [-0.2, 0) is 0 Å². The van der Waals surface area contributed by atoms with Crippen molar-refractivity contribution < 1.29 is 5.11 Å². The third-order valence-corrected chi connectivity index (χ3v) is 2.55. The Kier molecular flexibility index (Phi) is 0.884. The standard InChI is InChI=1S/C7H12O/c8-7-3-1-2-5-4-6(5)7/h5-8H,1-4H2/t5-,6+,7-/m0/s1. The van der Waals surface area contributed by atoms with Crippen molar-refractivity contribution in [3.8, 4) is 0 Å². The molecule has 0 aliphatic heterocycles. The Morgan fingerprint density at radius 1 is 1.25 bits per heavy atom. The summed E-state index contributed by atoms with van der Waals surface area (Å²) in [7, 11) is 0. The fourth-order valence-electron chi connectivity index (χ4n) is 1.88. The quantitative estimate of drug-likeness (QED) is 0.498. The van der Waals surface area contributed by atoms with Crippen molar-refractivity contribution in [3.05, 3.63) is 0 Å². The summed E-state index contributed by atoms with van der Waals surface area (Å²) in [5.41, 5.74) is 0. The Labute approximate surface area is 49.7 Å². The van der Waals surface area contributed by atoms with Gasteiger partial charge in [-0.15, -0.1) is 0 Å².